The Balaban J connectivity index is 2.88. The average Bonchev–Trinajstić information content (AvgIpc) is 2.29. The van der Waals surface area contributed by atoms with Crippen LogP contribution >= 0.6 is 23.4 Å². The predicted octanol–water partition coefficient (Wildman–Crippen LogP) is 3.52. The fourth-order valence-corrected chi connectivity index (χ4v) is 2.38. The summed E-state index contributed by atoms with van der Waals surface area (Å²) >= 11 is 7.54. The topological polar surface area (TPSA) is 56.0 Å². The molecule has 1 aromatic heterocycles. The predicted molar refractivity (Wildman–Crippen MR) is 65.2 cm³/mol. The van der Waals surface area contributed by atoms with Crippen molar-refractivity contribution in [1.82, 2.24) is 4.98 Å². The molecule has 0 saturated carbocycles. The minimum absolute atomic E-state index is 0.00843. The molecule has 0 bridgehead atoms. The largest absolute Gasteiger partial charge is 0.280 e. The number of nitro groups is 1. The second kappa shape index (κ2) is 4.27. The van der Waals surface area contributed by atoms with Crippen LogP contribution in [0, 0.1) is 10.1 Å². The molecule has 6 heteroatoms. The smallest absolute Gasteiger partial charge is 0.258 e. The van der Waals surface area contributed by atoms with Gasteiger partial charge in [0.05, 0.1) is 20.8 Å². The van der Waals surface area contributed by atoms with E-state index >= 15 is 0 Å². The molecular weight excluding hydrogens is 248 g/mol. The summed E-state index contributed by atoms with van der Waals surface area (Å²) in [6.07, 6.45) is 3.47. The number of benzene rings is 1. The third-order valence-corrected chi connectivity index (χ3v) is 3.45. The zero-order valence-electron chi connectivity index (χ0n) is 8.31. The van der Waals surface area contributed by atoms with Crippen molar-refractivity contribution in [3.63, 3.8) is 0 Å². The second-order valence-electron chi connectivity index (χ2n) is 3.07. The molecule has 16 heavy (non-hydrogen) atoms. The lowest BCUT2D eigenvalue weighted by atomic mass is 10.2. The number of hydrogen-bond acceptors (Lipinski definition) is 4. The summed E-state index contributed by atoms with van der Waals surface area (Å²) in [5, 5.41) is 11.7. The summed E-state index contributed by atoms with van der Waals surface area (Å²) in [6, 6.07) is 4.74. The molecule has 0 N–H and O–H groups in total. The zero-order valence-corrected chi connectivity index (χ0v) is 9.88. The maximum atomic E-state index is 10.9. The lowest BCUT2D eigenvalue weighted by molar-refractivity contribution is -0.383. The summed E-state index contributed by atoms with van der Waals surface area (Å²) < 4.78 is 0. The SMILES string of the molecule is CSc1cnc2cccc([N+](=O)[O-])c2c1Cl. The van der Waals surface area contributed by atoms with Crippen molar-refractivity contribution < 1.29 is 4.92 Å². The van der Waals surface area contributed by atoms with Gasteiger partial charge in [0.15, 0.2) is 0 Å². The van der Waals surface area contributed by atoms with Gasteiger partial charge in [-0.1, -0.05) is 17.7 Å². The number of rotatable bonds is 2. The summed E-state index contributed by atoms with van der Waals surface area (Å²) in [5.74, 6) is 0. The van der Waals surface area contributed by atoms with E-state index in [1.165, 1.54) is 17.8 Å². The molecule has 0 aliphatic rings. The van der Waals surface area contributed by atoms with Crippen molar-refractivity contribution >= 4 is 40.0 Å². The number of aromatic nitrogens is 1. The van der Waals surface area contributed by atoms with Crippen LogP contribution < -0.4 is 0 Å². The summed E-state index contributed by atoms with van der Waals surface area (Å²) in [6.45, 7) is 0. The van der Waals surface area contributed by atoms with E-state index in [9.17, 15) is 10.1 Å². The first-order valence-corrected chi connectivity index (χ1v) is 6.01. The Morgan fingerprint density at radius 2 is 2.25 bits per heavy atom. The Kier molecular flexibility index (Phi) is 2.98. The number of halogens is 1. The molecule has 0 amide bonds. The molecule has 2 rings (SSSR count). The van der Waals surface area contributed by atoms with Crippen molar-refractivity contribution in [2.45, 2.75) is 4.90 Å². The van der Waals surface area contributed by atoms with Gasteiger partial charge in [-0.2, -0.15) is 0 Å². The van der Waals surface area contributed by atoms with E-state index in [4.69, 9.17) is 11.6 Å². The highest BCUT2D eigenvalue weighted by atomic mass is 35.5. The summed E-state index contributed by atoms with van der Waals surface area (Å²) in [4.78, 5) is 15.3. The van der Waals surface area contributed by atoms with Crippen LogP contribution in [-0.2, 0) is 0 Å². The van der Waals surface area contributed by atoms with Gasteiger partial charge in [0, 0.05) is 17.2 Å². The quantitative estimate of drug-likeness (QED) is 0.467. The molecule has 2 aromatic rings. The maximum Gasteiger partial charge on any atom is 0.280 e. The summed E-state index contributed by atoms with van der Waals surface area (Å²) in [5.41, 5.74) is 0.530. The van der Waals surface area contributed by atoms with E-state index in [0.29, 0.717) is 15.9 Å². The van der Waals surface area contributed by atoms with Crippen LogP contribution in [0.3, 0.4) is 0 Å². The van der Waals surface area contributed by atoms with Gasteiger partial charge in [-0.15, -0.1) is 11.8 Å². The van der Waals surface area contributed by atoms with E-state index in [1.807, 2.05) is 6.26 Å². The average molecular weight is 255 g/mol. The number of hydrogen-bond donors (Lipinski definition) is 0. The number of nitro benzene ring substituents is 1. The van der Waals surface area contributed by atoms with Gasteiger partial charge in [-0.3, -0.25) is 15.1 Å². The highest BCUT2D eigenvalue weighted by molar-refractivity contribution is 7.98. The lowest BCUT2D eigenvalue weighted by Gasteiger charge is -2.04. The first-order valence-electron chi connectivity index (χ1n) is 4.40. The molecule has 0 aliphatic carbocycles. The molecule has 4 nitrogen and oxygen atoms in total. The normalized spacial score (nSPS) is 10.6. The number of pyridine rings is 1. The van der Waals surface area contributed by atoms with Crippen LogP contribution in [0.2, 0.25) is 5.02 Å². The number of non-ortho nitro benzene ring substituents is 1. The van der Waals surface area contributed by atoms with Gasteiger partial charge in [0.1, 0.15) is 0 Å². The van der Waals surface area contributed by atoms with Crippen LogP contribution in [0.15, 0.2) is 29.3 Å². The Morgan fingerprint density at radius 1 is 1.50 bits per heavy atom. The van der Waals surface area contributed by atoms with Crippen LogP contribution in [0.1, 0.15) is 0 Å². The molecule has 82 valence electrons. The van der Waals surface area contributed by atoms with Crippen molar-refractivity contribution in [2.24, 2.45) is 0 Å². The first-order chi connectivity index (χ1) is 7.65. The minimum atomic E-state index is -0.444. The fraction of sp³-hybridized carbons (Fsp3) is 0.100. The van der Waals surface area contributed by atoms with Crippen LogP contribution in [0.5, 0.6) is 0 Å². The van der Waals surface area contributed by atoms with E-state index in [-0.39, 0.29) is 5.69 Å². The van der Waals surface area contributed by atoms with Crippen LogP contribution in [-0.4, -0.2) is 16.2 Å². The third-order valence-electron chi connectivity index (χ3n) is 2.19. The Labute approximate surface area is 101 Å². The van der Waals surface area contributed by atoms with Crippen molar-refractivity contribution in [1.29, 1.82) is 0 Å². The Morgan fingerprint density at radius 3 is 2.88 bits per heavy atom. The molecule has 0 aliphatic heterocycles. The van der Waals surface area contributed by atoms with E-state index in [2.05, 4.69) is 4.98 Å². The van der Waals surface area contributed by atoms with E-state index in [1.54, 1.807) is 18.3 Å². The van der Waals surface area contributed by atoms with Gasteiger partial charge < -0.3 is 0 Å². The van der Waals surface area contributed by atoms with Crippen molar-refractivity contribution in [2.75, 3.05) is 6.26 Å². The number of fused-ring (bicyclic) bond motifs is 1. The molecular formula is C10H7ClN2O2S. The Bertz CT molecular complexity index is 574. The molecule has 0 saturated heterocycles. The fourth-order valence-electron chi connectivity index (χ4n) is 1.46. The number of thioether (sulfide) groups is 1. The molecule has 1 heterocycles. The van der Waals surface area contributed by atoms with Gasteiger partial charge in [0.25, 0.3) is 5.69 Å². The minimum Gasteiger partial charge on any atom is -0.258 e. The molecule has 1 aromatic carbocycles. The van der Waals surface area contributed by atoms with Gasteiger partial charge in [0.2, 0.25) is 0 Å². The van der Waals surface area contributed by atoms with Crippen molar-refractivity contribution in [3.05, 3.63) is 39.5 Å². The van der Waals surface area contributed by atoms with Gasteiger partial charge >= 0.3 is 0 Å². The van der Waals surface area contributed by atoms with Crippen molar-refractivity contribution in [3.8, 4) is 0 Å². The molecule has 0 spiro atoms. The lowest BCUT2D eigenvalue weighted by Crippen LogP contribution is -1.92. The molecule has 0 atom stereocenters. The Hall–Kier alpha value is -1.33. The zero-order chi connectivity index (χ0) is 11.7. The summed E-state index contributed by atoms with van der Waals surface area (Å²) in [7, 11) is 0. The number of nitrogens with zero attached hydrogens (tertiary/aromatic N) is 2. The maximum absolute atomic E-state index is 10.9. The third kappa shape index (κ3) is 1.72. The van der Waals surface area contributed by atoms with Gasteiger partial charge in [-0.25, -0.2) is 0 Å². The van der Waals surface area contributed by atoms with Gasteiger partial charge in [-0.05, 0) is 12.3 Å². The highest BCUT2D eigenvalue weighted by Gasteiger charge is 2.17. The van der Waals surface area contributed by atoms with E-state index in [0.717, 1.165) is 4.90 Å². The van der Waals surface area contributed by atoms with Crippen LogP contribution in [0.4, 0.5) is 5.69 Å². The van der Waals surface area contributed by atoms with Crippen LogP contribution in [0.25, 0.3) is 10.9 Å². The molecule has 0 fully saturated rings. The standard InChI is InChI=1S/C10H7ClN2O2S/c1-16-8-5-12-6-3-2-4-7(13(14)15)9(6)10(8)11/h2-5H,1H3. The monoisotopic (exact) mass is 254 g/mol. The first kappa shape index (κ1) is 11.2. The highest BCUT2D eigenvalue weighted by Crippen LogP contribution is 2.36. The van der Waals surface area contributed by atoms with E-state index < -0.39 is 4.92 Å². The molecule has 0 unspecified atom stereocenters. The molecule has 0 radical (unpaired) electrons. The second-order valence-corrected chi connectivity index (χ2v) is 4.29.